The molecule has 0 saturated carbocycles. The summed E-state index contributed by atoms with van der Waals surface area (Å²) in [4.78, 5) is 11.7. The fourth-order valence-corrected chi connectivity index (χ4v) is 1.85. The minimum absolute atomic E-state index is 0.227. The van der Waals surface area contributed by atoms with Gasteiger partial charge in [-0.1, -0.05) is 6.07 Å². The lowest BCUT2D eigenvalue weighted by Crippen LogP contribution is -2.32. The van der Waals surface area contributed by atoms with E-state index >= 15 is 0 Å². The van der Waals surface area contributed by atoms with Crippen LogP contribution in [0.2, 0.25) is 0 Å². The number of nitrogens with one attached hydrogen (secondary N) is 1. The van der Waals surface area contributed by atoms with Gasteiger partial charge < -0.3 is 19.5 Å². The Balaban J connectivity index is 2.84. The van der Waals surface area contributed by atoms with Crippen molar-refractivity contribution in [3.05, 3.63) is 23.8 Å². The van der Waals surface area contributed by atoms with E-state index in [9.17, 15) is 4.79 Å². The molecule has 0 fully saturated rings. The molecule has 1 aromatic carbocycles. The van der Waals surface area contributed by atoms with Crippen LogP contribution < -0.4 is 14.8 Å². The first-order valence-corrected chi connectivity index (χ1v) is 7.06. The molecule has 0 unspecified atom stereocenters. The normalized spacial score (nSPS) is 11.1. The molecule has 0 amide bonds. The van der Waals surface area contributed by atoms with E-state index in [1.54, 1.807) is 13.8 Å². The predicted octanol–water partition coefficient (Wildman–Crippen LogP) is 2.38. The summed E-state index contributed by atoms with van der Waals surface area (Å²) in [6.07, 6.45) is 0. The van der Waals surface area contributed by atoms with Gasteiger partial charge in [0.15, 0.2) is 11.5 Å². The van der Waals surface area contributed by atoms with Gasteiger partial charge in [-0.2, -0.15) is 0 Å². The number of methoxy groups -OCH3 is 1. The van der Waals surface area contributed by atoms with Crippen LogP contribution in [0.15, 0.2) is 18.2 Å². The number of hydrogen-bond acceptors (Lipinski definition) is 5. The van der Waals surface area contributed by atoms with Gasteiger partial charge in [-0.15, -0.1) is 0 Å². The van der Waals surface area contributed by atoms with Crippen molar-refractivity contribution in [2.24, 2.45) is 5.41 Å². The number of esters is 1. The van der Waals surface area contributed by atoms with Gasteiger partial charge in [0.25, 0.3) is 0 Å². The molecule has 0 aliphatic carbocycles. The maximum absolute atomic E-state index is 11.7. The molecule has 21 heavy (non-hydrogen) atoms. The third kappa shape index (κ3) is 4.93. The van der Waals surface area contributed by atoms with Gasteiger partial charge in [-0.25, -0.2) is 0 Å². The molecule has 0 aliphatic heterocycles. The number of carbonyl (C=O) groups is 1. The molecule has 1 rings (SSSR count). The fourth-order valence-electron chi connectivity index (χ4n) is 1.85. The van der Waals surface area contributed by atoms with E-state index in [1.165, 1.54) is 7.11 Å². The molecule has 5 heteroatoms. The van der Waals surface area contributed by atoms with Crippen molar-refractivity contribution in [2.75, 3.05) is 27.4 Å². The third-order valence-corrected chi connectivity index (χ3v) is 3.02. The second-order valence-electron chi connectivity index (χ2n) is 5.41. The Morgan fingerprint density at radius 2 is 1.95 bits per heavy atom. The molecule has 5 nitrogen and oxygen atoms in total. The standard InChI is InChI=1S/C16H25NO4/c1-6-20-14-9-12(10-17-4)7-8-13(14)21-11-16(2,3)15(18)19-5/h7-9,17H,6,10-11H2,1-5H3. The summed E-state index contributed by atoms with van der Waals surface area (Å²) in [6.45, 7) is 7.04. The first-order chi connectivity index (χ1) is 9.94. The largest absolute Gasteiger partial charge is 0.490 e. The summed E-state index contributed by atoms with van der Waals surface area (Å²) < 4.78 is 16.1. The highest BCUT2D eigenvalue weighted by molar-refractivity contribution is 5.75. The predicted molar refractivity (Wildman–Crippen MR) is 81.7 cm³/mol. The van der Waals surface area contributed by atoms with Crippen LogP contribution in [0.25, 0.3) is 0 Å². The van der Waals surface area contributed by atoms with Gasteiger partial charge in [-0.05, 0) is 45.5 Å². The number of carbonyl (C=O) groups excluding carboxylic acids is 1. The molecule has 0 heterocycles. The van der Waals surface area contributed by atoms with Gasteiger partial charge >= 0.3 is 5.97 Å². The average Bonchev–Trinajstić information content (AvgIpc) is 2.46. The quantitative estimate of drug-likeness (QED) is 0.746. The monoisotopic (exact) mass is 295 g/mol. The van der Waals surface area contributed by atoms with E-state index in [0.29, 0.717) is 18.1 Å². The van der Waals surface area contributed by atoms with Gasteiger partial charge in [0.2, 0.25) is 0 Å². The molecule has 0 radical (unpaired) electrons. The number of benzene rings is 1. The maximum Gasteiger partial charge on any atom is 0.314 e. The Morgan fingerprint density at radius 3 is 2.52 bits per heavy atom. The highest BCUT2D eigenvalue weighted by atomic mass is 16.5. The number of hydrogen-bond donors (Lipinski definition) is 1. The van der Waals surface area contributed by atoms with E-state index in [4.69, 9.17) is 14.2 Å². The Bertz CT molecular complexity index is 471. The molecule has 0 aromatic heterocycles. The van der Waals surface area contributed by atoms with E-state index in [1.807, 2.05) is 32.2 Å². The maximum atomic E-state index is 11.7. The zero-order valence-corrected chi connectivity index (χ0v) is 13.5. The lowest BCUT2D eigenvalue weighted by Gasteiger charge is -2.22. The van der Waals surface area contributed by atoms with Crippen molar-refractivity contribution in [2.45, 2.75) is 27.3 Å². The first-order valence-electron chi connectivity index (χ1n) is 7.06. The second-order valence-corrected chi connectivity index (χ2v) is 5.41. The molecular formula is C16H25NO4. The molecule has 0 bridgehead atoms. The topological polar surface area (TPSA) is 56.8 Å². The Hall–Kier alpha value is -1.75. The second kappa shape index (κ2) is 7.88. The van der Waals surface area contributed by atoms with E-state index < -0.39 is 5.41 Å². The highest BCUT2D eigenvalue weighted by Gasteiger charge is 2.30. The lowest BCUT2D eigenvalue weighted by atomic mass is 9.95. The molecule has 0 saturated heterocycles. The van der Waals surface area contributed by atoms with Crippen LogP contribution in [0.5, 0.6) is 11.5 Å². The fraction of sp³-hybridized carbons (Fsp3) is 0.562. The van der Waals surface area contributed by atoms with Gasteiger partial charge in [0.1, 0.15) is 6.61 Å². The van der Waals surface area contributed by atoms with Crippen molar-refractivity contribution in [3.8, 4) is 11.5 Å². The van der Waals surface area contributed by atoms with E-state index in [2.05, 4.69) is 5.32 Å². The third-order valence-electron chi connectivity index (χ3n) is 3.02. The smallest absolute Gasteiger partial charge is 0.314 e. The molecule has 1 aromatic rings. The summed E-state index contributed by atoms with van der Waals surface area (Å²) in [7, 11) is 3.27. The van der Waals surface area contributed by atoms with Crippen molar-refractivity contribution >= 4 is 5.97 Å². The van der Waals surface area contributed by atoms with Crippen LogP contribution in [0, 0.1) is 5.41 Å². The van der Waals surface area contributed by atoms with Crippen LogP contribution in [0.1, 0.15) is 26.3 Å². The van der Waals surface area contributed by atoms with Crippen molar-refractivity contribution < 1.29 is 19.0 Å². The van der Waals surface area contributed by atoms with Crippen molar-refractivity contribution in [1.82, 2.24) is 5.32 Å². The zero-order chi connectivity index (χ0) is 15.9. The molecule has 1 N–H and O–H groups in total. The summed E-state index contributed by atoms with van der Waals surface area (Å²) >= 11 is 0. The van der Waals surface area contributed by atoms with Gasteiger partial charge in [0.05, 0.1) is 19.1 Å². The van der Waals surface area contributed by atoms with Crippen LogP contribution >= 0.6 is 0 Å². The zero-order valence-electron chi connectivity index (χ0n) is 13.5. The van der Waals surface area contributed by atoms with E-state index in [0.717, 1.165) is 12.1 Å². The molecule has 118 valence electrons. The minimum Gasteiger partial charge on any atom is -0.490 e. The Kier molecular flexibility index (Phi) is 6.49. The van der Waals surface area contributed by atoms with E-state index in [-0.39, 0.29) is 12.6 Å². The molecular weight excluding hydrogens is 270 g/mol. The van der Waals surface area contributed by atoms with Gasteiger partial charge in [0, 0.05) is 6.54 Å². The molecule has 0 spiro atoms. The molecule has 0 atom stereocenters. The van der Waals surface area contributed by atoms with Crippen molar-refractivity contribution in [3.63, 3.8) is 0 Å². The average molecular weight is 295 g/mol. The minimum atomic E-state index is -0.706. The SMILES string of the molecule is CCOc1cc(CNC)ccc1OCC(C)(C)C(=O)OC. The Labute approximate surface area is 126 Å². The number of rotatable bonds is 8. The number of ether oxygens (including phenoxy) is 3. The Morgan fingerprint density at radius 1 is 1.24 bits per heavy atom. The summed E-state index contributed by atoms with van der Waals surface area (Å²) in [5.74, 6) is 1.02. The first kappa shape index (κ1) is 17.3. The van der Waals surface area contributed by atoms with Crippen LogP contribution in [-0.4, -0.2) is 33.3 Å². The highest BCUT2D eigenvalue weighted by Crippen LogP contribution is 2.30. The summed E-state index contributed by atoms with van der Waals surface area (Å²) in [5, 5.41) is 3.09. The van der Waals surface area contributed by atoms with Crippen molar-refractivity contribution in [1.29, 1.82) is 0 Å². The van der Waals surface area contributed by atoms with Gasteiger partial charge in [-0.3, -0.25) is 4.79 Å². The van der Waals surface area contributed by atoms with Crippen LogP contribution in [-0.2, 0) is 16.1 Å². The van der Waals surface area contributed by atoms with Crippen LogP contribution in [0.4, 0.5) is 0 Å². The van der Waals surface area contributed by atoms with Crippen LogP contribution in [0.3, 0.4) is 0 Å². The summed E-state index contributed by atoms with van der Waals surface area (Å²) in [5.41, 5.74) is 0.405. The summed E-state index contributed by atoms with van der Waals surface area (Å²) in [6, 6.07) is 5.78. The molecule has 0 aliphatic rings. The lowest BCUT2D eigenvalue weighted by molar-refractivity contribution is -0.152.